The van der Waals surface area contributed by atoms with Crippen LogP contribution in [0.4, 0.5) is 35.1 Å². The highest BCUT2D eigenvalue weighted by Gasteiger charge is 2.85. The van der Waals surface area contributed by atoms with E-state index in [0.29, 0.717) is 11.3 Å². The Bertz CT molecular complexity index is 4520. The number of imidazole rings is 1. The highest BCUT2D eigenvalue weighted by molar-refractivity contribution is 6.10. The summed E-state index contributed by atoms with van der Waals surface area (Å²) in [4.78, 5) is 4.79. The van der Waals surface area contributed by atoms with Crippen LogP contribution in [-0.2, 0) is 17.3 Å². The van der Waals surface area contributed by atoms with Gasteiger partial charge in [-0.1, -0.05) is 142 Å². The number of halogens is 8. The summed E-state index contributed by atoms with van der Waals surface area (Å²) in [6.45, 7) is 6.22. The summed E-state index contributed by atoms with van der Waals surface area (Å²) >= 11 is 0. The van der Waals surface area contributed by atoms with Crippen LogP contribution in [0.1, 0.15) is 51.2 Å². The Morgan fingerprint density at radius 3 is 1.83 bits per heavy atom. The molecule has 0 bridgehead atoms. The number of fused-ring (bicyclic) bond motifs is 5. The maximum Gasteiger partial charge on any atom is 0.382 e. The highest BCUT2D eigenvalue weighted by Crippen LogP contribution is 2.65. The molecule has 3 heterocycles. The molecular formula is C62H42F8N4O. The van der Waals surface area contributed by atoms with E-state index >= 15 is 35.1 Å². The molecular weight excluding hydrogens is 969 g/mol. The minimum atomic E-state index is -6.70. The van der Waals surface area contributed by atoms with Gasteiger partial charge in [0.05, 0.1) is 47.1 Å². The van der Waals surface area contributed by atoms with Crippen molar-refractivity contribution in [3.8, 4) is 62.1 Å². The molecule has 12 rings (SSSR count). The first kappa shape index (κ1) is 37.2. The number of hydrogen-bond acceptors (Lipinski definition) is 2. The van der Waals surface area contributed by atoms with E-state index in [1.165, 1.54) is 30.3 Å². The van der Waals surface area contributed by atoms with Gasteiger partial charge < -0.3 is 4.74 Å². The second-order valence-corrected chi connectivity index (χ2v) is 19.0. The maximum absolute atomic E-state index is 16.2. The summed E-state index contributed by atoms with van der Waals surface area (Å²) in [5.74, 6) is -24.5. The monoisotopic (exact) mass is 1020 g/mol. The van der Waals surface area contributed by atoms with Gasteiger partial charge in [0, 0.05) is 34.2 Å². The lowest BCUT2D eigenvalue weighted by Gasteiger charge is -2.43. The van der Waals surface area contributed by atoms with E-state index in [2.05, 4.69) is 33.2 Å². The molecule has 0 aliphatic heterocycles. The standard InChI is InChI=1S/C62H42F8N4O/c1-58(2,3)42-29-30-71-56(32-42)74-52-28-25-41(38-15-7-4-8-16-38)31-49(52)48-27-26-45(34-53(48)74)75-44-22-13-21-43(33-44)72-37-73(55-36-51-50(35-54(55)72)59(63,64)61(67,68)62(69,70)60(51,65)66)57-46(39-17-9-5-10-18-39)23-14-24-47(57)40-19-11-6-12-20-40/h4-36H,1-3H3/i5D,6D,9D,10D,11D,12D,17D,18D,19D,20D. The molecule has 0 saturated heterocycles. The van der Waals surface area contributed by atoms with Crippen molar-refractivity contribution in [2.45, 2.75) is 49.9 Å². The molecule has 1 aliphatic carbocycles. The van der Waals surface area contributed by atoms with Gasteiger partial charge in [-0.25, -0.2) is 4.98 Å². The average molecular weight is 1020 g/mol. The van der Waals surface area contributed by atoms with Crippen molar-refractivity contribution in [2.75, 3.05) is 0 Å². The van der Waals surface area contributed by atoms with Crippen LogP contribution >= 0.6 is 0 Å². The minimum Gasteiger partial charge on any atom is -0.458 e. The van der Waals surface area contributed by atoms with Crippen molar-refractivity contribution in [3.63, 3.8) is 0 Å². The zero-order valence-electron chi connectivity index (χ0n) is 49.5. The van der Waals surface area contributed by atoms with Gasteiger partial charge in [0.25, 0.3) is 6.33 Å². The molecule has 0 unspecified atom stereocenters. The van der Waals surface area contributed by atoms with Gasteiger partial charge in [0.2, 0.25) is 0 Å². The van der Waals surface area contributed by atoms with Gasteiger partial charge in [-0.05, 0) is 111 Å². The molecule has 8 aromatic carbocycles. The molecule has 0 N–H and O–H groups in total. The van der Waals surface area contributed by atoms with Crippen molar-refractivity contribution in [2.24, 2.45) is 0 Å². The van der Waals surface area contributed by atoms with Gasteiger partial charge >= 0.3 is 23.7 Å². The van der Waals surface area contributed by atoms with Gasteiger partial charge in [0.1, 0.15) is 17.3 Å². The molecule has 5 nitrogen and oxygen atoms in total. The molecule has 372 valence electrons. The largest absolute Gasteiger partial charge is 0.458 e. The van der Waals surface area contributed by atoms with Crippen molar-refractivity contribution >= 4 is 32.8 Å². The van der Waals surface area contributed by atoms with Crippen LogP contribution in [0.5, 0.6) is 11.5 Å². The summed E-state index contributed by atoms with van der Waals surface area (Å²) in [6.07, 6.45) is 4.52. The lowest BCUT2D eigenvalue weighted by atomic mass is 9.80. The van der Waals surface area contributed by atoms with E-state index in [1.54, 1.807) is 18.3 Å². The number of pyridine rings is 1. The lowest BCUT2D eigenvalue weighted by molar-refractivity contribution is -0.571. The van der Waals surface area contributed by atoms with Gasteiger partial charge in [-0.3, -0.25) is 13.7 Å². The average Bonchev–Trinajstić information content (AvgIpc) is 1.99. The summed E-state index contributed by atoms with van der Waals surface area (Å²) in [5.41, 5.74) is -4.56. The van der Waals surface area contributed by atoms with E-state index < -0.39 is 134 Å². The summed E-state index contributed by atoms with van der Waals surface area (Å²) < 4.78 is 223. The number of para-hydroxylation sites is 1. The fraction of sp³-hybridized carbons (Fsp3) is 0.129. The summed E-state index contributed by atoms with van der Waals surface area (Å²) in [6, 6.07) is 25.8. The van der Waals surface area contributed by atoms with Crippen LogP contribution in [0.25, 0.3) is 83.4 Å². The van der Waals surface area contributed by atoms with Crippen molar-refractivity contribution < 1.29 is 58.1 Å². The zero-order valence-corrected chi connectivity index (χ0v) is 39.5. The van der Waals surface area contributed by atoms with E-state index in [-0.39, 0.29) is 34.7 Å². The molecule has 0 saturated carbocycles. The minimum absolute atomic E-state index is 0.0286. The van der Waals surface area contributed by atoms with Gasteiger partial charge in [0.15, 0.2) is 0 Å². The van der Waals surface area contributed by atoms with Gasteiger partial charge in [-0.15, -0.1) is 0 Å². The predicted molar refractivity (Wildman–Crippen MR) is 275 cm³/mol. The van der Waals surface area contributed by atoms with Crippen LogP contribution in [-0.4, -0.2) is 26.0 Å². The zero-order chi connectivity index (χ0) is 60.9. The van der Waals surface area contributed by atoms with E-state index in [1.807, 2.05) is 65.2 Å². The highest BCUT2D eigenvalue weighted by atomic mass is 19.4. The predicted octanol–water partition coefficient (Wildman–Crippen LogP) is 16.8. The first-order valence-corrected chi connectivity index (χ1v) is 23.2. The van der Waals surface area contributed by atoms with Crippen LogP contribution < -0.4 is 9.30 Å². The number of alkyl halides is 8. The number of ether oxygens (including phenoxy) is 1. The van der Waals surface area contributed by atoms with E-state index in [9.17, 15) is 0 Å². The molecule has 3 aromatic heterocycles. The van der Waals surface area contributed by atoms with Crippen LogP contribution in [0.15, 0.2) is 200 Å². The second-order valence-electron chi connectivity index (χ2n) is 19.0. The van der Waals surface area contributed by atoms with Crippen molar-refractivity contribution in [1.29, 1.82) is 0 Å². The molecule has 0 radical (unpaired) electrons. The third-order valence-electron chi connectivity index (χ3n) is 13.5. The number of hydrogen-bond donors (Lipinski definition) is 0. The molecule has 0 fully saturated rings. The second kappa shape index (κ2) is 17.0. The number of aromatic nitrogens is 4. The molecule has 0 amide bonds. The van der Waals surface area contributed by atoms with Crippen LogP contribution in [0.3, 0.4) is 0 Å². The molecule has 0 atom stereocenters. The number of benzene rings is 8. The van der Waals surface area contributed by atoms with Gasteiger partial charge in [-0.2, -0.15) is 35.1 Å². The Labute approximate surface area is 439 Å². The third kappa shape index (κ3) is 7.41. The topological polar surface area (TPSA) is 35.9 Å². The Kier molecular flexibility index (Phi) is 8.42. The van der Waals surface area contributed by atoms with Crippen LogP contribution in [0.2, 0.25) is 0 Å². The molecule has 75 heavy (non-hydrogen) atoms. The molecule has 0 spiro atoms. The van der Waals surface area contributed by atoms with Crippen LogP contribution in [0, 0.1) is 6.33 Å². The first-order chi connectivity index (χ1) is 40.0. The first-order valence-electron chi connectivity index (χ1n) is 28.2. The summed E-state index contributed by atoms with van der Waals surface area (Å²) in [7, 11) is 0. The number of rotatable bonds is 8. The smallest absolute Gasteiger partial charge is 0.382 e. The van der Waals surface area contributed by atoms with E-state index in [4.69, 9.17) is 23.4 Å². The lowest BCUT2D eigenvalue weighted by Crippen LogP contribution is -2.63. The fourth-order valence-electron chi connectivity index (χ4n) is 9.67. The fourth-order valence-corrected chi connectivity index (χ4v) is 9.67. The van der Waals surface area contributed by atoms with Crippen molar-refractivity contribution in [1.82, 2.24) is 14.1 Å². The third-order valence-corrected chi connectivity index (χ3v) is 13.5. The Hall–Kier alpha value is -8.58. The van der Waals surface area contributed by atoms with Crippen molar-refractivity contribution in [3.05, 3.63) is 223 Å². The SMILES string of the molecule is [2H]c1c([2H])c([2H])c(-c2cccc(-c3c([2H])c([2H])c([2H])c([2H])c3[2H])c2-[n+]2[c-]n(-c3cccc(Oc4ccc5c6cc(-c7ccccc7)ccc6n(-c6cc(C(C)(C)C)ccn6)c5c4)c3)c3cc4c(cc32)C(F)(F)C(F)(F)C(F)(F)C4(F)F)c([2H])c1[2H]. The maximum atomic E-state index is 16.2. The quantitative estimate of drug-likeness (QED) is 0.0864. The molecule has 1 aliphatic rings. The Morgan fingerprint density at radius 2 is 1.17 bits per heavy atom. The molecule has 11 aromatic rings. The Morgan fingerprint density at radius 1 is 0.547 bits per heavy atom. The normalized spacial score (nSPS) is 17.4. The Balaban J connectivity index is 1.11. The summed E-state index contributed by atoms with van der Waals surface area (Å²) in [5, 5.41) is 1.70. The number of nitrogens with zero attached hydrogens (tertiary/aromatic N) is 4. The molecule has 13 heteroatoms. The van der Waals surface area contributed by atoms with E-state index in [0.717, 1.165) is 54.2 Å².